The van der Waals surface area contributed by atoms with Gasteiger partial charge in [0.05, 0.1) is 5.56 Å². The zero-order chi connectivity index (χ0) is 14.5. The summed E-state index contributed by atoms with van der Waals surface area (Å²) in [5.74, 6) is 0.698. The molecule has 0 aromatic heterocycles. The van der Waals surface area contributed by atoms with E-state index < -0.39 is 5.82 Å². The molecule has 0 spiro atoms. The van der Waals surface area contributed by atoms with Crippen molar-refractivity contribution in [3.05, 3.63) is 34.1 Å². The molecule has 0 bridgehead atoms. The highest BCUT2D eigenvalue weighted by molar-refractivity contribution is 9.10. The van der Waals surface area contributed by atoms with E-state index in [1.54, 1.807) is 6.07 Å². The normalized spacial score (nSPS) is 22.6. The van der Waals surface area contributed by atoms with E-state index in [0.29, 0.717) is 16.9 Å². The van der Waals surface area contributed by atoms with Crippen LogP contribution in [0.5, 0.6) is 0 Å². The molecule has 0 radical (unpaired) electrons. The highest BCUT2D eigenvalue weighted by Gasteiger charge is 2.19. The quantitative estimate of drug-likeness (QED) is 0.856. The molecule has 20 heavy (non-hydrogen) atoms. The summed E-state index contributed by atoms with van der Waals surface area (Å²) in [6.07, 6.45) is 6.12. The topological polar surface area (TPSA) is 29.1 Å². The summed E-state index contributed by atoms with van der Waals surface area (Å²) in [4.78, 5) is 11.9. The monoisotopic (exact) mass is 341 g/mol. The molecule has 0 heterocycles. The summed E-state index contributed by atoms with van der Waals surface area (Å²) in [7, 11) is 0. The maximum absolute atomic E-state index is 13.6. The van der Waals surface area contributed by atoms with Crippen molar-refractivity contribution >= 4 is 21.8 Å². The lowest BCUT2D eigenvalue weighted by Crippen LogP contribution is -2.27. The van der Waals surface area contributed by atoms with E-state index in [2.05, 4.69) is 28.2 Å². The minimum absolute atomic E-state index is 0.116. The number of rotatable bonds is 4. The number of amides is 1. The number of carbonyl (C=O) groups excluding carboxylic acids is 1. The summed E-state index contributed by atoms with van der Waals surface area (Å²) < 4.78 is 14.3. The van der Waals surface area contributed by atoms with Crippen molar-refractivity contribution in [3.8, 4) is 0 Å². The summed E-state index contributed by atoms with van der Waals surface area (Å²) >= 11 is 3.18. The van der Waals surface area contributed by atoms with Crippen LogP contribution in [0.25, 0.3) is 0 Å². The predicted octanol–water partition coefficient (Wildman–Crippen LogP) is 4.53. The van der Waals surface area contributed by atoms with Crippen LogP contribution in [-0.2, 0) is 0 Å². The molecule has 2 rings (SSSR count). The molecule has 110 valence electrons. The molecule has 1 amide bonds. The van der Waals surface area contributed by atoms with Gasteiger partial charge in [0.25, 0.3) is 5.91 Å². The first-order chi connectivity index (χ1) is 9.56. The van der Waals surface area contributed by atoms with Crippen LogP contribution in [0.1, 0.15) is 49.4 Å². The molecule has 4 heteroatoms. The maximum Gasteiger partial charge on any atom is 0.254 e. The van der Waals surface area contributed by atoms with Crippen LogP contribution in [0.4, 0.5) is 4.39 Å². The fourth-order valence-corrected chi connectivity index (χ4v) is 3.31. The van der Waals surface area contributed by atoms with E-state index >= 15 is 0 Å². The Labute approximate surface area is 128 Å². The van der Waals surface area contributed by atoms with Crippen LogP contribution in [-0.4, -0.2) is 12.5 Å². The lowest BCUT2D eigenvalue weighted by atomic mass is 9.81. The fraction of sp³-hybridized carbons (Fsp3) is 0.562. The molecule has 1 saturated carbocycles. The van der Waals surface area contributed by atoms with Crippen LogP contribution >= 0.6 is 15.9 Å². The van der Waals surface area contributed by atoms with Crippen molar-refractivity contribution in [2.75, 3.05) is 6.54 Å². The first-order valence-corrected chi connectivity index (χ1v) is 8.09. The zero-order valence-corrected chi connectivity index (χ0v) is 13.4. The Morgan fingerprint density at radius 1 is 1.45 bits per heavy atom. The number of hydrogen-bond acceptors (Lipinski definition) is 1. The molecule has 0 saturated heterocycles. The van der Waals surface area contributed by atoms with E-state index in [-0.39, 0.29) is 11.5 Å². The number of hydrogen-bond donors (Lipinski definition) is 1. The fourth-order valence-electron chi connectivity index (χ4n) is 2.98. The molecule has 2 atom stereocenters. The van der Waals surface area contributed by atoms with Crippen molar-refractivity contribution in [3.63, 3.8) is 0 Å². The molecule has 1 aliphatic rings. The first kappa shape index (κ1) is 15.5. The van der Waals surface area contributed by atoms with Crippen molar-refractivity contribution in [1.29, 1.82) is 0 Å². The average molecular weight is 342 g/mol. The molecular formula is C16H21BrFNO. The van der Waals surface area contributed by atoms with Crippen molar-refractivity contribution < 1.29 is 9.18 Å². The highest BCUT2D eigenvalue weighted by atomic mass is 79.9. The number of benzene rings is 1. The smallest absolute Gasteiger partial charge is 0.254 e. The van der Waals surface area contributed by atoms with Gasteiger partial charge in [-0.2, -0.15) is 0 Å². The second-order valence-electron chi connectivity index (χ2n) is 5.81. The van der Waals surface area contributed by atoms with Gasteiger partial charge < -0.3 is 5.32 Å². The molecule has 1 aromatic carbocycles. The minimum Gasteiger partial charge on any atom is -0.352 e. The van der Waals surface area contributed by atoms with Gasteiger partial charge in [-0.25, -0.2) is 4.39 Å². The van der Waals surface area contributed by atoms with Crippen molar-refractivity contribution in [2.24, 2.45) is 11.8 Å². The van der Waals surface area contributed by atoms with Crippen LogP contribution in [0, 0.1) is 17.7 Å². The van der Waals surface area contributed by atoms with Gasteiger partial charge in [-0.3, -0.25) is 4.79 Å². The van der Waals surface area contributed by atoms with E-state index in [1.807, 2.05) is 0 Å². The van der Waals surface area contributed by atoms with Gasteiger partial charge in [0.1, 0.15) is 5.82 Å². The highest BCUT2D eigenvalue weighted by Crippen LogP contribution is 2.30. The Bertz CT molecular complexity index is 478. The van der Waals surface area contributed by atoms with Gasteiger partial charge in [-0.1, -0.05) is 42.1 Å². The van der Waals surface area contributed by atoms with Crippen molar-refractivity contribution in [1.82, 2.24) is 5.32 Å². The van der Waals surface area contributed by atoms with E-state index in [0.717, 1.165) is 12.3 Å². The molecule has 1 aromatic rings. The van der Waals surface area contributed by atoms with Gasteiger partial charge in [0.2, 0.25) is 0 Å². The van der Waals surface area contributed by atoms with Crippen LogP contribution in [0.15, 0.2) is 22.7 Å². The zero-order valence-electron chi connectivity index (χ0n) is 11.8. The minimum atomic E-state index is -0.483. The molecule has 0 aliphatic heterocycles. The van der Waals surface area contributed by atoms with E-state index in [4.69, 9.17) is 0 Å². The van der Waals surface area contributed by atoms with Gasteiger partial charge in [-0.15, -0.1) is 0 Å². The maximum atomic E-state index is 13.6. The third kappa shape index (κ3) is 4.30. The molecule has 1 aliphatic carbocycles. The molecule has 2 unspecified atom stereocenters. The summed E-state index contributed by atoms with van der Waals surface area (Å²) in [5.41, 5.74) is 0.116. The summed E-state index contributed by atoms with van der Waals surface area (Å²) in [6.45, 7) is 2.92. The van der Waals surface area contributed by atoms with Gasteiger partial charge in [0, 0.05) is 11.0 Å². The lowest BCUT2D eigenvalue weighted by Gasteiger charge is -2.26. The molecule has 2 nitrogen and oxygen atoms in total. The first-order valence-electron chi connectivity index (χ1n) is 7.29. The lowest BCUT2D eigenvalue weighted by molar-refractivity contribution is 0.0945. The molecule has 1 fully saturated rings. The van der Waals surface area contributed by atoms with Gasteiger partial charge in [-0.05, 0) is 42.9 Å². The predicted molar refractivity (Wildman–Crippen MR) is 82.2 cm³/mol. The van der Waals surface area contributed by atoms with Crippen molar-refractivity contribution in [2.45, 2.75) is 39.0 Å². The number of carbonyl (C=O) groups is 1. The van der Waals surface area contributed by atoms with Crippen LogP contribution in [0.2, 0.25) is 0 Å². The Balaban J connectivity index is 1.80. The second-order valence-corrected chi connectivity index (χ2v) is 6.72. The number of halogens is 2. The Morgan fingerprint density at radius 2 is 2.25 bits per heavy atom. The molecule has 1 N–H and O–H groups in total. The molecular weight excluding hydrogens is 321 g/mol. The van der Waals surface area contributed by atoms with Gasteiger partial charge in [0.15, 0.2) is 0 Å². The second kappa shape index (κ2) is 7.21. The Morgan fingerprint density at radius 3 is 2.95 bits per heavy atom. The van der Waals surface area contributed by atoms with Gasteiger partial charge >= 0.3 is 0 Å². The SMILES string of the molecule is CC1CCCC(CCNC(=O)c2ccc(Br)cc2F)C1. The summed E-state index contributed by atoms with van der Waals surface area (Å²) in [6, 6.07) is 4.51. The number of nitrogens with one attached hydrogen (secondary N) is 1. The van der Waals surface area contributed by atoms with E-state index in [9.17, 15) is 9.18 Å². The third-order valence-corrected chi connectivity index (χ3v) is 4.55. The summed E-state index contributed by atoms with van der Waals surface area (Å²) in [5, 5.41) is 2.83. The van der Waals surface area contributed by atoms with E-state index in [1.165, 1.54) is 37.8 Å². The van der Waals surface area contributed by atoms with Crippen LogP contribution < -0.4 is 5.32 Å². The standard InChI is InChI=1S/C16H21BrFNO/c1-11-3-2-4-12(9-11)7-8-19-16(20)14-6-5-13(17)10-15(14)18/h5-6,10-12H,2-4,7-9H2,1H3,(H,19,20). The average Bonchev–Trinajstić information content (AvgIpc) is 2.38. The Kier molecular flexibility index (Phi) is 5.58. The third-order valence-electron chi connectivity index (χ3n) is 4.06. The van der Waals surface area contributed by atoms with Crippen LogP contribution in [0.3, 0.4) is 0 Å². The Hall–Kier alpha value is -0.900. The largest absolute Gasteiger partial charge is 0.352 e.